The SMILES string of the molecule is CCC(CC)C(O)Cc1ccc(Cl)cc1Cl. The Hall–Kier alpha value is -0.240. The van der Waals surface area contributed by atoms with Crippen molar-refractivity contribution < 1.29 is 5.11 Å². The molecule has 0 aliphatic heterocycles. The molecule has 0 aliphatic carbocycles. The molecule has 3 heteroatoms. The maximum Gasteiger partial charge on any atom is 0.0609 e. The topological polar surface area (TPSA) is 20.2 Å². The highest BCUT2D eigenvalue weighted by atomic mass is 35.5. The van der Waals surface area contributed by atoms with Gasteiger partial charge in [-0.05, 0) is 23.6 Å². The Morgan fingerprint density at radius 2 is 1.81 bits per heavy atom. The molecule has 1 nitrogen and oxygen atoms in total. The third-order valence-corrected chi connectivity index (χ3v) is 3.62. The zero-order valence-corrected chi connectivity index (χ0v) is 11.2. The molecule has 0 spiro atoms. The number of benzene rings is 1. The Balaban J connectivity index is 2.72. The van der Waals surface area contributed by atoms with Crippen LogP contribution in [0.2, 0.25) is 10.0 Å². The second-order valence-corrected chi connectivity index (χ2v) is 4.93. The van der Waals surface area contributed by atoms with Crippen LogP contribution in [-0.2, 0) is 6.42 Å². The molecule has 90 valence electrons. The van der Waals surface area contributed by atoms with Crippen molar-refractivity contribution in [1.29, 1.82) is 0 Å². The van der Waals surface area contributed by atoms with Crippen LogP contribution in [0.3, 0.4) is 0 Å². The van der Waals surface area contributed by atoms with E-state index < -0.39 is 0 Å². The van der Waals surface area contributed by atoms with E-state index in [-0.39, 0.29) is 6.10 Å². The lowest BCUT2D eigenvalue weighted by molar-refractivity contribution is 0.103. The van der Waals surface area contributed by atoms with E-state index >= 15 is 0 Å². The lowest BCUT2D eigenvalue weighted by Crippen LogP contribution is -2.21. The molecule has 1 aromatic rings. The van der Waals surface area contributed by atoms with Crippen molar-refractivity contribution in [2.45, 2.75) is 39.2 Å². The van der Waals surface area contributed by atoms with Crippen LogP contribution in [0.1, 0.15) is 32.3 Å². The fourth-order valence-corrected chi connectivity index (χ4v) is 2.40. The normalized spacial score (nSPS) is 13.1. The average molecular weight is 261 g/mol. The standard InChI is InChI=1S/C13H18Cl2O/c1-3-9(4-2)13(16)7-10-5-6-11(14)8-12(10)15/h5-6,8-9,13,16H,3-4,7H2,1-2H3. The van der Waals surface area contributed by atoms with Gasteiger partial charge in [-0.25, -0.2) is 0 Å². The molecular weight excluding hydrogens is 243 g/mol. The number of aliphatic hydroxyl groups excluding tert-OH is 1. The summed E-state index contributed by atoms with van der Waals surface area (Å²) in [6, 6.07) is 5.41. The molecule has 1 rings (SSSR count). The van der Waals surface area contributed by atoms with Gasteiger partial charge >= 0.3 is 0 Å². The summed E-state index contributed by atoms with van der Waals surface area (Å²) in [4.78, 5) is 0. The average Bonchev–Trinajstić information content (AvgIpc) is 2.24. The highest BCUT2D eigenvalue weighted by Gasteiger charge is 2.17. The summed E-state index contributed by atoms with van der Waals surface area (Å²) < 4.78 is 0. The summed E-state index contributed by atoms with van der Waals surface area (Å²) in [5.41, 5.74) is 0.963. The van der Waals surface area contributed by atoms with Crippen molar-refractivity contribution in [2.24, 2.45) is 5.92 Å². The van der Waals surface area contributed by atoms with Gasteiger partial charge < -0.3 is 5.11 Å². The van der Waals surface area contributed by atoms with E-state index in [9.17, 15) is 5.11 Å². The third-order valence-electron chi connectivity index (χ3n) is 3.04. The van der Waals surface area contributed by atoms with Gasteiger partial charge in [0.15, 0.2) is 0 Å². The largest absolute Gasteiger partial charge is 0.392 e. The van der Waals surface area contributed by atoms with Crippen LogP contribution < -0.4 is 0 Å². The second kappa shape index (κ2) is 6.48. The van der Waals surface area contributed by atoms with Crippen LogP contribution in [0.5, 0.6) is 0 Å². The molecular formula is C13H18Cl2O. The summed E-state index contributed by atoms with van der Waals surface area (Å²) in [5, 5.41) is 11.3. The van der Waals surface area contributed by atoms with Gasteiger partial charge in [0.2, 0.25) is 0 Å². The molecule has 0 aromatic heterocycles. The second-order valence-electron chi connectivity index (χ2n) is 4.08. The quantitative estimate of drug-likeness (QED) is 0.836. The minimum absolute atomic E-state index is 0.325. The molecule has 1 aromatic carbocycles. The fraction of sp³-hybridized carbons (Fsp3) is 0.538. The molecule has 1 unspecified atom stereocenters. The summed E-state index contributed by atoms with van der Waals surface area (Å²) >= 11 is 11.9. The Morgan fingerprint density at radius 1 is 1.19 bits per heavy atom. The number of hydrogen-bond acceptors (Lipinski definition) is 1. The van der Waals surface area contributed by atoms with E-state index in [0.29, 0.717) is 22.4 Å². The third kappa shape index (κ3) is 3.65. The number of hydrogen-bond donors (Lipinski definition) is 1. The zero-order chi connectivity index (χ0) is 12.1. The predicted octanol–water partition coefficient (Wildman–Crippen LogP) is 4.33. The first kappa shape index (κ1) is 13.8. The Kier molecular flexibility index (Phi) is 5.60. The summed E-state index contributed by atoms with van der Waals surface area (Å²) in [6.45, 7) is 4.20. The molecule has 0 fully saturated rings. The molecule has 0 amide bonds. The molecule has 0 radical (unpaired) electrons. The van der Waals surface area contributed by atoms with Crippen molar-refractivity contribution in [3.63, 3.8) is 0 Å². The molecule has 0 aliphatic rings. The van der Waals surface area contributed by atoms with Crippen LogP contribution in [0.4, 0.5) is 0 Å². The first-order valence-corrected chi connectivity index (χ1v) is 6.46. The van der Waals surface area contributed by atoms with Crippen LogP contribution >= 0.6 is 23.2 Å². The monoisotopic (exact) mass is 260 g/mol. The van der Waals surface area contributed by atoms with Crippen molar-refractivity contribution in [2.75, 3.05) is 0 Å². The Labute approximate surface area is 107 Å². The van der Waals surface area contributed by atoms with Gasteiger partial charge in [0.05, 0.1) is 6.10 Å². The van der Waals surface area contributed by atoms with E-state index in [0.717, 1.165) is 18.4 Å². The summed E-state index contributed by atoms with van der Waals surface area (Å²) in [7, 11) is 0. The first-order valence-electron chi connectivity index (χ1n) is 5.70. The van der Waals surface area contributed by atoms with Crippen molar-refractivity contribution in [3.05, 3.63) is 33.8 Å². The minimum Gasteiger partial charge on any atom is -0.392 e. The van der Waals surface area contributed by atoms with Crippen molar-refractivity contribution >= 4 is 23.2 Å². The Bertz CT molecular complexity index is 335. The Morgan fingerprint density at radius 3 is 2.31 bits per heavy atom. The molecule has 1 atom stereocenters. The van der Waals surface area contributed by atoms with Gasteiger partial charge in [-0.1, -0.05) is 56.0 Å². The lowest BCUT2D eigenvalue weighted by atomic mass is 9.92. The van der Waals surface area contributed by atoms with Crippen molar-refractivity contribution in [3.8, 4) is 0 Å². The van der Waals surface area contributed by atoms with E-state index in [4.69, 9.17) is 23.2 Å². The maximum absolute atomic E-state index is 10.1. The fourth-order valence-electron chi connectivity index (χ4n) is 1.91. The van der Waals surface area contributed by atoms with Crippen LogP contribution in [0.15, 0.2) is 18.2 Å². The molecule has 16 heavy (non-hydrogen) atoms. The van der Waals surface area contributed by atoms with Crippen LogP contribution in [0.25, 0.3) is 0 Å². The smallest absolute Gasteiger partial charge is 0.0609 e. The minimum atomic E-state index is -0.325. The first-order chi connectivity index (χ1) is 7.58. The zero-order valence-electron chi connectivity index (χ0n) is 9.71. The van der Waals surface area contributed by atoms with Gasteiger partial charge in [0.1, 0.15) is 0 Å². The van der Waals surface area contributed by atoms with Gasteiger partial charge in [-0.3, -0.25) is 0 Å². The number of rotatable bonds is 5. The predicted molar refractivity (Wildman–Crippen MR) is 70.2 cm³/mol. The van der Waals surface area contributed by atoms with Crippen LogP contribution in [0, 0.1) is 5.92 Å². The van der Waals surface area contributed by atoms with Crippen LogP contribution in [-0.4, -0.2) is 11.2 Å². The highest BCUT2D eigenvalue weighted by molar-refractivity contribution is 6.35. The summed E-state index contributed by atoms with van der Waals surface area (Å²) in [6.07, 6.45) is 2.25. The lowest BCUT2D eigenvalue weighted by Gasteiger charge is -2.20. The molecule has 0 saturated carbocycles. The van der Waals surface area contributed by atoms with Crippen molar-refractivity contribution in [1.82, 2.24) is 0 Å². The van der Waals surface area contributed by atoms with E-state index in [1.807, 2.05) is 12.1 Å². The van der Waals surface area contributed by atoms with E-state index in [1.54, 1.807) is 6.07 Å². The number of halogens is 2. The van der Waals surface area contributed by atoms with Gasteiger partial charge in [-0.15, -0.1) is 0 Å². The van der Waals surface area contributed by atoms with Gasteiger partial charge in [0, 0.05) is 16.5 Å². The molecule has 0 bridgehead atoms. The van der Waals surface area contributed by atoms with Gasteiger partial charge in [-0.2, -0.15) is 0 Å². The number of aliphatic hydroxyl groups is 1. The van der Waals surface area contributed by atoms with Gasteiger partial charge in [0.25, 0.3) is 0 Å². The molecule has 0 saturated heterocycles. The molecule has 0 heterocycles. The highest BCUT2D eigenvalue weighted by Crippen LogP contribution is 2.24. The maximum atomic E-state index is 10.1. The summed E-state index contributed by atoms with van der Waals surface area (Å²) in [5.74, 6) is 0.340. The molecule has 1 N–H and O–H groups in total. The van der Waals surface area contributed by atoms with E-state index in [2.05, 4.69) is 13.8 Å². The van der Waals surface area contributed by atoms with E-state index in [1.165, 1.54) is 0 Å².